The molecule has 0 fully saturated rings. The van der Waals surface area contributed by atoms with Crippen molar-refractivity contribution in [1.82, 2.24) is 10.2 Å². The van der Waals surface area contributed by atoms with Crippen molar-refractivity contribution in [3.63, 3.8) is 0 Å². The molecule has 2 rings (SSSR count). The number of hydrogen-bond donors (Lipinski definition) is 1. The Labute approximate surface area is 184 Å². The van der Waals surface area contributed by atoms with E-state index < -0.39 is 6.04 Å². The van der Waals surface area contributed by atoms with Gasteiger partial charge in [-0.2, -0.15) is 0 Å². The van der Waals surface area contributed by atoms with E-state index in [1.165, 1.54) is 0 Å². The third-order valence-electron chi connectivity index (χ3n) is 4.72. The highest BCUT2D eigenvalue weighted by Gasteiger charge is 2.29. The Morgan fingerprint density at radius 1 is 1.07 bits per heavy atom. The molecule has 30 heavy (non-hydrogen) atoms. The van der Waals surface area contributed by atoms with Crippen molar-refractivity contribution in [2.24, 2.45) is 5.92 Å². The second-order valence-corrected chi connectivity index (χ2v) is 8.25. The molecule has 0 aliphatic rings. The Morgan fingerprint density at radius 3 is 2.27 bits per heavy atom. The summed E-state index contributed by atoms with van der Waals surface area (Å²) in [5.41, 5.74) is 2.11. The van der Waals surface area contributed by atoms with Crippen molar-refractivity contribution >= 4 is 23.4 Å². The summed E-state index contributed by atoms with van der Waals surface area (Å²) in [5, 5.41) is 3.55. The fraction of sp³-hybridized carbons (Fsp3) is 0.417. The molecule has 6 heteroatoms. The van der Waals surface area contributed by atoms with Crippen LogP contribution in [0.15, 0.2) is 48.5 Å². The minimum Gasteiger partial charge on any atom is -0.484 e. The monoisotopic (exact) mass is 430 g/mol. The lowest BCUT2D eigenvalue weighted by Gasteiger charge is -2.31. The van der Waals surface area contributed by atoms with Crippen LogP contribution in [0.5, 0.6) is 5.75 Å². The molecule has 0 saturated heterocycles. The highest BCUT2D eigenvalue weighted by atomic mass is 35.5. The minimum absolute atomic E-state index is 0.141. The Bertz CT molecular complexity index is 819. The molecule has 1 N–H and O–H groups in total. The maximum absolute atomic E-state index is 13.1. The summed E-state index contributed by atoms with van der Waals surface area (Å²) >= 11 is 5.90. The van der Waals surface area contributed by atoms with Gasteiger partial charge in [0, 0.05) is 18.1 Å². The summed E-state index contributed by atoms with van der Waals surface area (Å²) in [6.07, 6.45) is 0.516. The number of rotatable bonds is 10. The van der Waals surface area contributed by atoms with E-state index >= 15 is 0 Å². The predicted molar refractivity (Wildman–Crippen MR) is 121 cm³/mol. The average Bonchev–Trinajstić information content (AvgIpc) is 2.72. The van der Waals surface area contributed by atoms with E-state index in [0.717, 1.165) is 11.1 Å². The Balaban J connectivity index is 2.17. The molecule has 1 atom stereocenters. The summed E-state index contributed by atoms with van der Waals surface area (Å²) in [4.78, 5) is 27.5. The lowest BCUT2D eigenvalue weighted by Crippen LogP contribution is -2.50. The molecule has 0 bridgehead atoms. The Kier molecular flexibility index (Phi) is 9.18. The van der Waals surface area contributed by atoms with Crippen LogP contribution in [0.25, 0.3) is 0 Å². The second kappa shape index (κ2) is 11.6. The highest BCUT2D eigenvalue weighted by Crippen LogP contribution is 2.17. The first kappa shape index (κ1) is 23.7. The maximum Gasteiger partial charge on any atom is 0.261 e. The van der Waals surface area contributed by atoms with E-state index in [1.54, 1.807) is 29.2 Å². The molecule has 0 aromatic heterocycles. The van der Waals surface area contributed by atoms with Crippen molar-refractivity contribution < 1.29 is 14.3 Å². The Hall–Kier alpha value is -2.53. The van der Waals surface area contributed by atoms with Gasteiger partial charge in [-0.05, 0) is 49.1 Å². The number of carbonyl (C=O) groups is 2. The molecule has 2 aromatic carbocycles. The number of nitrogens with one attached hydrogen (secondary N) is 1. The van der Waals surface area contributed by atoms with E-state index in [2.05, 4.69) is 5.32 Å². The van der Waals surface area contributed by atoms with Crippen molar-refractivity contribution in [1.29, 1.82) is 0 Å². The third kappa shape index (κ3) is 7.38. The standard InChI is InChI=1S/C24H31ClN2O3/c1-5-22(24(29)26-14-17(2)3)27(15-19-8-6-18(4)7-9-19)23(28)16-30-21-12-10-20(25)11-13-21/h6-13,17,22H,5,14-16H2,1-4H3,(H,26,29)/t22-/m1/s1. The first-order valence-electron chi connectivity index (χ1n) is 10.3. The van der Waals surface area contributed by atoms with Crippen molar-refractivity contribution in [2.75, 3.05) is 13.2 Å². The van der Waals surface area contributed by atoms with E-state index in [4.69, 9.17) is 16.3 Å². The van der Waals surface area contributed by atoms with Gasteiger partial charge in [-0.15, -0.1) is 0 Å². The molecular formula is C24H31ClN2O3. The van der Waals surface area contributed by atoms with Crippen LogP contribution in [0.2, 0.25) is 5.02 Å². The number of ether oxygens (including phenoxy) is 1. The predicted octanol–water partition coefficient (Wildman–Crippen LogP) is 4.61. The van der Waals surface area contributed by atoms with Crippen molar-refractivity contribution in [2.45, 2.75) is 46.7 Å². The van der Waals surface area contributed by atoms with Gasteiger partial charge in [0.1, 0.15) is 11.8 Å². The SMILES string of the molecule is CC[C@H](C(=O)NCC(C)C)N(Cc1ccc(C)cc1)C(=O)COc1ccc(Cl)cc1. The molecule has 0 spiro atoms. The molecular weight excluding hydrogens is 400 g/mol. The van der Waals surface area contributed by atoms with Crippen LogP contribution in [-0.2, 0) is 16.1 Å². The summed E-state index contributed by atoms with van der Waals surface area (Å²) < 4.78 is 5.65. The topological polar surface area (TPSA) is 58.6 Å². The fourth-order valence-electron chi connectivity index (χ4n) is 2.99. The number of halogens is 1. The largest absolute Gasteiger partial charge is 0.484 e. The fourth-order valence-corrected chi connectivity index (χ4v) is 3.12. The van der Waals surface area contributed by atoms with E-state index in [-0.39, 0.29) is 18.4 Å². The van der Waals surface area contributed by atoms with Gasteiger partial charge < -0.3 is 15.0 Å². The lowest BCUT2D eigenvalue weighted by molar-refractivity contribution is -0.143. The maximum atomic E-state index is 13.1. The van der Waals surface area contributed by atoms with Crippen LogP contribution in [-0.4, -0.2) is 35.9 Å². The molecule has 0 aliphatic heterocycles. The molecule has 0 heterocycles. The molecule has 2 aromatic rings. The number of benzene rings is 2. The number of hydrogen-bond acceptors (Lipinski definition) is 3. The third-order valence-corrected chi connectivity index (χ3v) is 4.97. The first-order valence-corrected chi connectivity index (χ1v) is 10.7. The molecule has 0 radical (unpaired) electrons. The molecule has 162 valence electrons. The van der Waals surface area contributed by atoms with Crippen molar-refractivity contribution in [3.05, 3.63) is 64.7 Å². The van der Waals surface area contributed by atoms with Crippen molar-refractivity contribution in [3.8, 4) is 5.75 Å². The van der Waals surface area contributed by atoms with Crippen LogP contribution in [0, 0.1) is 12.8 Å². The highest BCUT2D eigenvalue weighted by molar-refractivity contribution is 6.30. The quantitative estimate of drug-likeness (QED) is 0.598. The lowest BCUT2D eigenvalue weighted by atomic mass is 10.1. The van der Waals surface area contributed by atoms with Crippen LogP contribution < -0.4 is 10.1 Å². The van der Waals surface area contributed by atoms with Gasteiger partial charge >= 0.3 is 0 Å². The zero-order valence-corrected chi connectivity index (χ0v) is 18.9. The first-order chi connectivity index (χ1) is 14.3. The second-order valence-electron chi connectivity index (χ2n) is 7.81. The smallest absolute Gasteiger partial charge is 0.261 e. The van der Waals surface area contributed by atoms with Crippen LogP contribution >= 0.6 is 11.6 Å². The zero-order chi connectivity index (χ0) is 22.1. The van der Waals surface area contributed by atoms with Gasteiger partial charge in [0.15, 0.2) is 6.61 Å². The van der Waals surface area contributed by atoms with Gasteiger partial charge in [0.2, 0.25) is 5.91 Å². The van der Waals surface area contributed by atoms with E-state index in [0.29, 0.717) is 36.2 Å². The van der Waals surface area contributed by atoms with Gasteiger partial charge in [0.05, 0.1) is 0 Å². The molecule has 0 aliphatic carbocycles. The summed E-state index contributed by atoms with van der Waals surface area (Å²) in [6.45, 7) is 8.77. The van der Waals surface area contributed by atoms with Gasteiger partial charge in [0.25, 0.3) is 5.91 Å². The number of amides is 2. The van der Waals surface area contributed by atoms with Gasteiger partial charge in [-0.1, -0.05) is 62.2 Å². The normalized spacial score (nSPS) is 11.8. The number of nitrogens with zero attached hydrogens (tertiary/aromatic N) is 1. The summed E-state index contributed by atoms with van der Waals surface area (Å²) in [6, 6.07) is 14.2. The molecule has 0 saturated carbocycles. The Morgan fingerprint density at radius 2 is 1.70 bits per heavy atom. The average molecular weight is 431 g/mol. The molecule has 0 unspecified atom stereocenters. The zero-order valence-electron chi connectivity index (χ0n) is 18.2. The van der Waals surface area contributed by atoms with E-state index in [9.17, 15) is 9.59 Å². The van der Waals surface area contributed by atoms with Gasteiger partial charge in [-0.25, -0.2) is 0 Å². The molecule has 2 amide bonds. The van der Waals surface area contributed by atoms with Crippen LogP contribution in [0.3, 0.4) is 0 Å². The van der Waals surface area contributed by atoms with Gasteiger partial charge in [-0.3, -0.25) is 9.59 Å². The number of aryl methyl sites for hydroxylation is 1. The number of carbonyl (C=O) groups excluding carboxylic acids is 2. The molecule has 5 nitrogen and oxygen atoms in total. The summed E-state index contributed by atoms with van der Waals surface area (Å²) in [5.74, 6) is 0.511. The van der Waals surface area contributed by atoms with Crippen LogP contribution in [0.4, 0.5) is 0 Å². The minimum atomic E-state index is -0.564. The summed E-state index contributed by atoms with van der Waals surface area (Å²) in [7, 11) is 0. The van der Waals surface area contributed by atoms with Crippen LogP contribution in [0.1, 0.15) is 38.3 Å². The van der Waals surface area contributed by atoms with E-state index in [1.807, 2.05) is 52.0 Å².